The van der Waals surface area contributed by atoms with E-state index in [4.69, 9.17) is 0 Å². The molecule has 1 heterocycles. The topological polar surface area (TPSA) is 20.3 Å². The molecular weight excluding hydrogens is 289 g/mol. The highest BCUT2D eigenvalue weighted by molar-refractivity contribution is 7.09. The maximum Gasteiger partial charge on any atom is 0.463 e. The lowest BCUT2D eigenvalue weighted by atomic mass is 10.1. The first-order valence-electron chi connectivity index (χ1n) is 5.31. The average Bonchev–Trinajstić information content (AvgIpc) is 2.78. The number of hydrogen-bond donors (Lipinski definition) is 0. The molecule has 0 saturated heterocycles. The lowest BCUT2D eigenvalue weighted by Gasteiger charge is -2.29. The van der Waals surface area contributed by atoms with Gasteiger partial charge in [-0.2, -0.15) is 22.0 Å². The van der Waals surface area contributed by atoms with Gasteiger partial charge in [-0.25, -0.2) is 0 Å². The van der Waals surface area contributed by atoms with E-state index in [1.807, 2.05) is 0 Å². The number of rotatable bonds is 4. The van der Waals surface area contributed by atoms with Crippen molar-refractivity contribution in [3.05, 3.63) is 22.4 Å². The number of likely N-dealkylation sites (N-methyl/N-ethyl adjacent to an activating group) is 1. The Balaban J connectivity index is 2.77. The normalized spacial score (nSPS) is 14.3. The zero-order valence-corrected chi connectivity index (χ0v) is 11.0. The summed E-state index contributed by atoms with van der Waals surface area (Å²) < 4.78 is 62.1. The van der Waals surface area contributed by atoms with Crippen molar-refractivity contribution in [2.24, 2.45) is 0 Å². The number of thiophene rings is 1. The molecule has 1 aromatic rings. The molecule has 0 bridgehead atoms. The highest BCUT2D eigenvalue weighted by Crippen LogP contribution is 2.37. The molecule has 0 saturated carbocycles. The van der Waals surface area contributed by atoms with Crippen molar-refractivity contribution in [2.75, 3.05) is 7.05 Å². The molecule has 8 heteroatoms. The molecule has 2 nitrogen and oxygen atoms in total. The predicted octanol–water partition coefficient (Wildman–Crippen LogP) is 3.34. The van der Waals surface area contributed by atoms with Gasteiger partial charge in [-0.05, 0) is 18.4 Å². The average molecular weight is 301 g/mol. The molecule has 0 aromatic carbocycles. The Hall–Kier alpha value is -1.18. The summed E-state index contributed by atoms with van der Waals surface area (Å²) in [7, 11) is 0.945. The van der Waals surface area contributed by atoms with Crippen molar-refractivity contribution in [1.29, 1.82) is 0 Å². The summed E-state index contributed by atoms with van der Waals surface area (Å²) in [6, 6.07) is 2.71. The van der Waals surface area contributed by atoms with Crippen molar-refractivity contribution in [3.63, 3.8) is 0 Å². The van der Waals surface area contributed by atoms with E-state index in [1.165, 1.54) is 18.3 Å². The van der Waals surface area contributed by atoms with Gasteiger partial charge in [0.2, 0.25) is 0 Å². The number of halogens is 5. The van der Waals surface area contributed by atoms with E-state index in [0.29, 0.717) is 4.90 Å². The van der Waals surface area contributed by atoms with Gasteiger partial charge in [-0.3, -0.25) is 4.79 Å². The van der Waals surface area contributed by atoms with Gasteiger partial charge in [0.25, 0.3) is 0 Å². The Kier molecular flexibility index (Phi) is 4.54. The quantitative estimate of drug-likeness (QED) is 0.781. The van der Waals surface area contributed by atoms with Crippen LogP contribution in [0, 0.1) is 0 Å². The van der Waals surface area contributed by atoms with E-state index in [1.54, 1.807) is 17.5 Å². The molecule has 0 aliphatic rings. The monoisotopic (exact) mass is 301 g/mol. The molecule has 0 radical (unpaired) electrons. The van der Waals surface area contributed by atoms with Gasteiger partial charge in [0.05, 0.1) is 0 Å². The van der Waals surface area contributed by atoms with Crippen LogP contribution in [0.15, 0.2) is 17.5 Å². The highest BCUT2D eigenvalue weighted by atomic mass is 32.1. The van der Waals surface area contributed by atoms with Crippen LogP contribution in [0.2, 0.25) is 0 Å². The smallest absolute Gasteiger partial charge is 0.337 e. The fraction of sp³-hybridized carbons (Fsp3) is 0.545. The van der Waals surface area contributed by atoms with Crippen molar-refractivity contribution in [2.45, 2.75) is 31.5 Å². The van der Waals surface area contributed by atoms with Crippen molar-refractivity contribution >= 4 is 17.2 Å². The van der Waals surface area contributed by atoms with Crippen LogP contribution < -0.4 is 0 Å². The van der Waals surface area contributed by atoms with Gasteiger partial charge < -0.3 is 4.90 Å². The number of alkyl halides is 5. The molecule has 1 atom stereocenters. The molecule has 1 amide bonds. The summed E-state index contributed by atoms with van der Waals surface area (Å²) in [4.78, 5) is 12.5. The van der Waals surface area contributed by atoms with Crippen LogP contribution in [0.4, 0.5) is 22.0 Å². The van der Waals surface area contributed by atoms with Crippen molar-refractivity contribution in [3.8, 4) is 0 Å². The van der Waals surface area contributed by atoms with Crippen LogP contribution >= 0.6 is 11.3 Å². The largest absolute Gasteiger partial charge is 0.463 e. The van der Waals surface area contributed by atoms with Crippen LogP contribution in [0.5, 0.6) is 0 Å². The standard InChI is InChI=1S/C11H12F5NOS/c1-7(6-8-4-3-5-19-8)17(2)9(18)10(12,13)11(14,15)16/h3-5,7H,6H2,1-2H3. The molecule has 0 aliphatic carbocycles. The number of carbonyl (C=O) groups is 1. The molecule has 1 rings (SSSR count). The molecule has 0 fully saturated rings. The van der Waals surface area contributed by atoms with Gasteiger partial charge in [0.1, 0.15) is 0 Å². The second-order valence-corrected chi connectivity index (χ2v) is 5.15. The van der Waals surface area contributed by atoms with E-state index < -0.39 is 24.0 Å². The Morgan fingerprint density at radius 3 is 2.37 bits per heavy atom. The number of hydrogen-bond acceptors (Lipinski definition) is 2. The second kappa shape index (κ2) is 5.44. The van der Waals surface area contributed by atoms with E-state index in [9.17, 15) is 26.7 Å². The molecule has 108 valence electrons. The van der Waals surface area contributed by atoms with E-state index >= 15 is 0 Å². The van der Waals surface area contributed by atoms with Crippen LogP contribution in [0.1, 0.15) is 11.8 Å². The summed E-state index contributed by atoms with van der Waals surface area (Å²) >= 11 is 1.35. The molecular formula is C11H12F5NOS. The van der Waals surface area contributed by atoms with Gasteiger partial charge in [0.15, 0.2) is 0 Å². The Morgan fingerprint density at radius 1 is 1.37 bits per heavy atom. The minimum Gasteiger partial charge on any atom is -0.337 e. The maximum absolute atomic E-state index is 12.9. The minimum absolute atomic E-state index is 0.230. The molecule has 0 N–H and O–H groups in total. The zero-order chi connectivity index (χ0) is 14.8. The van der Waals surface area contributed by atoms with Crippen LogP contribution in [-0.4, -0.2) is 36.0 Å². The SMILES string of the molecule is CC(Cc1cccs1)N(C)C(=O)C(F)(F)C(F)(F)F. The Labute approximate surface area is 110 Å². The molecule has 1 unspecified atom stereocenters. The third-order valence-corrected chi connectivity index (χ3v) is 3.58. The first-order valence-corrected chi connectivity index (χ1v) is 6.19. The lowest BCUT2D eigenvalue weighted by molar-refractivity contribution is -0.274. The lowest BCUT2D eigenvalue weighted by Crippen LogP contribution is -2.53. The van der Waals surface area contributed by atoms with E-state index in [-0.39, 0.29) is 6.42 Å². The molecule has 19 heavy (non-hydrogen) atoms. The summed E-state index contributed by atoms with van der Waals surface area (Å²) in [6.07, 6.45) is -5.64. The van der Waals surface area contributed by atoms with Gasteiger partial charge in [-0.1, -0.05) is 6.07 Å². The Morgan fingerprint density at radius 2 is 1.95 bits per heavy atom. The third kappa shape index (κ3) is 3.43. The van der Waals surface area contributed by atoms with Crippen LogP contribution in [0.25, 0.3) is 0 Å². The van der Waals surface area contributed by atoms with Crippen LogP contribution in [0.3, 0.4) is 0 Å². The summed E-state index contributed by atoms with van der Waals surface area (Å²) in [5, 5.41) is 1.76. The number of carbonyl (C=O) groups excluding carboxylic acids is 1. The van der Waals surface area contributed by atoms with E-state index in [0.717, 1.165) is 11.9 Å². The molecule has 0 aliphatic heterocycles. The van der Waals surface area contributed by atoms with Gasteiger partial charge >= 0.3 is 18.0 Å². The fourth-order valence-electron chi connectivity index (χ4n) is 1.40. The third-order valence-electron chi connectivity index (χ3n) is 2.68. The fourth-order valence-corrected chi connectivity index (χ4v) is 2.23. The van der Waals surface area contributed by atoms with Gasteiger partial charge in [-0.15, -0.1) is 11.3 Å². The summed E-state index contributed by atoms with van der Waals surface area (Å²) in [5.41, 5.74) is 0. The summed E-state index contributed by atoms with van der Waals surface area (Å²) in [5.74, 6) is -7.59. The summed E-state index contributed by atoms with van der Waals surface area (Å²) in [6.45, 7) is 1.42. The first-order chi connectivity index (χ1) is 8.57. The second-order valence-electron chi connectivity index (χ2n) is 4.12. The highest BCUT2D eigenvalue weighted by Gasteiger charge is 2.64. The minimum atomic E-state index is -5.87. The predicted molar refractivity (Wildman–Crippen MR) is 61.3 cm³/mol. The Bertz CT molecular complexity index is 429. The zero-order valence-electron chi connectivity index (χ0n) is 10.2. The van der Waals surface area contributed by atoms with E-state index in [2.05, 4.69) is 0 Å². The number of nitrogens with zero attached hydrogens (tertiary/aromatic N) is 1. The van der Waals surface area contributed by atoms with Gasteiger partial charge in [0, 0.05) is 24.4 Å². The number of amides is 1. The van der Waals surface area contributed by atoms with Crippen molar-refractivity contribution < 1.29 is 26.7 Å². The first kappa shape index (κ1) is 15.9. The van der Waals surface area contributed by atoms with Crippen molar-refractivity contribution in [1.82, 2.24) is 4.90 Å². The van der Waals surface area contributed by atoms with Crippen LogP contribution in [-0.2, 0) is 11.2 Å². The maximum atomic E-state index is 12.9. The molecule has 1 aromatic heterocycles. The molecule has 0 spiro atoms.